The van der Waals surface area contributed by atoms with Crippen LogP contribution in [0.2, 0.25) is 0 Å². The molecule has 10 heteroatoms. The van der Waals surface area contributed by atoms with E-state index in [1.807, 2.05) is 14.5 Å². The Morgan fingerprint density at radius 3 is 2.39 bits per heavy atom. The number of nitrogens with zero attached hydrogens (tertiary/aromatic N) is 8. The summed E-state index contributed by atoms with van der Waals surface area (Å²) >= 11 is 0. The van der Waals surface area contributed by atoms with Gasteiger partial charge in [-0.15, -0.1) is 0 Å². The van der Waals surface area contributed by atoms with E-state index in [1.54, 1.807) is 17.2 Å². The summed E-state index contributed by atoms with van der Waals surface area (Å²) in [7, 11) is 0. The van der Waals surface area contributed by atoms with E-state index in [1.165, 1.54) is 16.8 Å². The van der Waals surface area contributed by atoms with E-state index in [0.717, 1.165) is 56.5 Å². The van der Waals surface area contributed by atoms with Gasteiger partial charge in [-0.1, -0.05) is 12.1 Å². The highest BCUT2D eigenvalue weighted by atomic mass is 16.2. The van der Waals surface area contributed by atoms with Crippen LogP contribution in [0.4, 0.5) is 5.69 Å². The Balaban J connectivity index is 1.09. The molecule has 2 aliphatic heterocycles. The molecule has 2 amide bonds. The molecule has 1 aliphatic carbocycles. The minimum atomic E-state index is -0.0108. The summed E-state index contributed by atoms with van der Waals surface area (Å²) in [6.07, 6.45) is 7.78. The van der Waals surface area contributed by atoms with Crippen LogP contribution in [0.5, 0.6) is 0 Å². The molecule has 4 heterocycles. The molecule has 3 aliphatic rings. The topological polar surface area (TPSA) is 92.4 Å². The van der Waals surface area contributed by atoms with Crippen LogP contribution >= 0.6 is 0 Å². The minimum absolute atomic E-state index is 0.0108. The number of hydrogen-bond acceptors (Lipinski definition) is 6. The molecule has 3 aromatic rings. The first-order chi connectivity index (χ1) is 18.5. The fourth-order valence-electron chi connectivity index (χ4n) is 6.18. The third-order valence-electron chi connectivity index (χ3n) is 8.56. The maximum atomic E-state index is 13.5. The third-order valence-corrected chi connectivity index (χ3v) is 8.56. The van der Waals surface area contributed by atoms with Crippen molar-refractivity contribution in [3.63, 3.8) is 0 Å². The normalized spacial score (nSPS) is 18.2. The Labute approximate surface area is 223 Å². The lowest BCUT2D eigenvalue weighted by Crippen LogP contribution is -2.50. The minimum Gasteiger partial charge on any atom is -0.368 e. The van der Waals surface area contributed by atoms with Crippen LogP contribution in [0.25, 0.3) is 0 Å². The van der Waals surface area contributed by atoms with Gasteiger partial charge in [0.25, 0.3) is 5.91 Å². The lowest BCUT2D eigenvalue weighted by atomic mass is 10.0. The van der Waals surface area contributed by atoms with Gasteiger partial charge in [-0.05, 0) is 63.1 Å². The number of rotatable bonds is 5. The van der Waals surface area contributed by atoms with Crippen LogP contribution in [0, 0.1) is 13.8 Å². The third kappa shape index (κ3) is 4.56. The number of fused-ring (bicyclic) bond motifs is 1. The number of benzene rings is 1. The molecule has 0 bridgehead atoms. The molecule has 1 aromatic carbocycles. The summed E-state index contributed by atoms with van der Waals surface area (Å²) in [6, 6.07) is 6.64. The van der Waals surface area contributed by atoms with Crippen molar-refractivity contribution in [2.75, 3.05) is 44.2 Å². The average molecular weight is 517 g/mol. The van der Waals surface area contributed by atoms with Crippen LogP contribution < -0.4 is 4.90 Å². The van der Waals surface area contributed by atoms with Gasteiger partial charge in [0.2, 0.25) is 5.91 Å². The Hall–Kier alpha value is -3.69. The lowest BCUT2D eigenvalue weighted by molar-refractivity contribution is -0.132. The molecular formula is C28H36N8O2. The zero-order valence-corrected chi connectivity index (χ0v) is 22.3. The summed E-state index contributed by atoms with van der Waals surface area (Å²) in [5.41, 5.74) is 6.50. The first kappa shape index (κ1) is 24.6. The van der Waals surface area contributed by atoms with E-state index in [0.29, 0.717) is 31.9 Å². The van der Waals surface area contributed by atoms with Crippen LogP contribution in [0.15, 0.2) is 30.6 Å². The molecule has 0 unspecified atom stereocenters. The van der Waals surface area contributed by atoms with E-state index in [2.05, 4.69) is 47.1 Å². The van der Waals surface area contributed by atoms with Crippen molar-refractivity contribution in [3.05, 3.63) is 58.7 Å². The molecule has 10 nitrogen and oxygen atoms in total. The van der Waals surface area contributed by atoms with Gasteiger partial charge in [0.1, 0.15) is 6.54 Å². The molecule has 0 radical (unpaired) electrons. The zero-order chi connectivity index (χ0) is 26.2. The number of aryl methyl sites for hydroxylation is 1. The first-order valence-corrected chi connectivity index (χ1v) is 13.8. The predicted molar refractivity (Wildman–Crippen MR) is 143 cm³/mol. The monoisotopic (exact) mass is 516 g/mol. The van der Waals surface area contributed by atoms with Crippen molar-refractivity contribution in [2.45, 2.75) is 58.5 Å². The molecule has 0 atom stereocenters. The van der Waals surface area contributed by atoms with Crippen molar-refractivity contribution >= 4 is 17.5 Å². The van der Waals surface area contributed by atoms with Gasteiger partial charge in [-0.25, -0.2) is 0 Å². The molecular weight excluding hydrogens is 480 g/mol. The summed E-state index contributed by atoms with van der Waals surface area (Å²) in [6.45, 7) is 8.86. The van der Waals surface area contributed by atoms with Gasteiger partial charge in [0.15, 0.2) is 5.69 Å². The number of piperidine rings is 1. The maximum absolute atomic E-state index is 13.5. The van der Waals surface area contributed by atoms with Crippen molar-refractivity contribution in [2.24, 2.45) is 0 Å². The lowest BCUT2D eigenvalue weighted by Gasteiger charge is -2.37. The van der Waals surface area contributed by atoms with E-state index in [4.69, 9.17) is 5.10 Å². The molecule has 2 fully saturated rings. The number of anilines is 1. The van der Waals surface area contributed by atoms with Crippen LogP contribution in [0.1, 0.15) is 58.2 Å². The Bertz CT molecular complexity index is 1310. The summed E-state index contributed by atoms with van der Waals surface area (Å²) in [5, 5.41) is 13.3. The number of likely N-dealkylation sites (tertiary alicyclic amines) is 1. The van der Waals surface area contributed by atoms with E-state index >= 15 is 0 Å². The number of piperazine rings is 1. The largest absolute Gasteiger partial charge is 0.368 e. The molecule has 2 aromatic heterocycles. The number of amides is 2. The van der Waals surface area contributed by atoms with Crippen LogP contribution in [-0.2, 0) is 24.2 Å². The second-order valence-corrected chi connectivity index (χ2v) is 10.7. The fourth-order valence-corrected chi connectivity index (χ4v) is 6.18. The second kappa shape index (κ2) is 10.2. The highest BCUT2D eigenvalue weighted by Crippen LogP contribution is 2.29. The molecule has 6 rings (SSSR count). The smallest absolute Gasteiger partial charge is 0.274 e. The standard InChI is InChI=1S/C28H36N8O2/c1-20-5-3-7-24(21(20)2)32-15-17-33(18-16-32)26(37)19-35-25-8-4-6-23(25)27(31-35)28(38)34-13-9-22(10-14-34)36-29-11-12-30-36/h3,5,7,11-12,22H,4,6,8-10,13-19H2,1-2H3. The highest BCUT2D eigenvalue weighted by Gasteiger charge is 2.33. The summed E-state index contributed by atoms with van der Waals surface area (Å²) < 4.78 is 1.81. The van der Waals surface area contributed by atoms with Gasteiger partial charge in [0.05, 0.1) is 18.4 Å². The van der Waals surface area contributed by atoms with Crippen molar-refractivity contribution in [3.8, 4) is 0 Å². The van der Waals surface area contributed by atoms with Crippen LogP contribution in [-0.4, -0.2) is 85.7 Å². The Kier molecular flexibility index (Phi) is 6.63. The van der Waals surface area contributed by atoms with Gasteiger partial charge in [0, 0.05) is 56.2 Å². The van der Waals surface area contributed by atoms with Gasteiger partial charge in [-0.3, -0.25) is 14.3 Å². The van der Waals surface area contributed by atoms with E-state index < -0.39 is 0 Å². The molecule has 0 N–H and O–H groups in total. The molecule has 0 spiro atoms. The number of carbonyl (C=O) groups excluding carboxylic acids is 2. The Morgan fingerprint density at radius 1 is 0.921 bits per heavy atom. The molecule has 0 saturated carbocycles. The Morgan fingerprint density at radius 2 is 1.66 bits per heavy atom. The van der Waals surface area contributed by atoms with Gasteiger partial charge < -0.3 is 14.7 Å². The van der Waals surface area contributed by atoms with Gasteiger partial charge >= 0.3 is 0 Å². The van der Waals surface area contributed by atoms with Crippen molar-refractivity contribution in [1.29, 1.82) is 0 Å². The quantitative estimate of drug-likeness (QED) is 0.517. The molecule has 200 valence electrons. The van der Waals surface area contributed by atoms with E-state index in [-0.39, 0.29) is 24.4 Å². The number of carbonyl (C=O) groups is 2. The number of aromatic nitrogens is 5. The summed E-state index contributed by atoms with van der Waals surface area (Å²) in [5.74, 6) is 0.0673. The van der Waals surface area contributed by atoms with Gasteiger partial charge in [-0.2, -0.15) is 20.1 Å². The highest BCUT2D eigenvalue weighted by molar-refractivity contribution is 5.94. The zero-order valence-electron chi connectivity index (χ0n) is 22.3. The number of hydrogen-bond donors (Lipinski definition) is 0. The van der Waals surface area contributed by atoms with Crippen LogP contribution in [0.3, 0.4) is 0 Å². The van der Waals surface area contributed by atoms with E-state index in [9.17, 15) is 9.59 Å². The van der Waals surface area contributed by atoms with Crippen molar-refractivity contribution in [1.82, 2.24) is 34.6 Å². The maximum Gasteiger partial charge on any atom is 0.274 e. The summed E-state index contributed by atoms with van der Waals surface area (Å²) in [4.78, 5) is 34.8. The second-order valence-electron chi connectivity index (χ2n) is 10.7. The first-order valence-electron chi connectivity index (χ1n) is 13.8. The average Bonchev–Trinajstić information content (AvgIpc) is 3.70. The molecule has 2 saturated heterocycles. The van der Waals surface area contributed by atoms with Crippen molar-refractivity contribution < 1.29 is 9.59 Å². The fraction of sp³-hybridized carbons (Fsp3) is 0.536. The SMILES string of the molecule is Cc1cccc(N2CCN(C(=O)Cn3nc(C(=O)N4CCC(n5nccn5)CC4)c4c3CCC4)CC2)c1C. The molecule has 38 heavy (non-hydrogen) atoms. The predicted octanol–water partition coefficient (Wildman–Crippen LogP) is 2.41.